The van der Waals surface area contributed by atoms with Gasteiger partial charge in [-0.3, -0.25) is 34.8 Å². The third kappa shape index (κ3) is 15.5. The minimum absolute atomic E-state index is 0.00807. The monoisotopic (exact) mass is 805 g/mol. The SMILES string of the molecule is CCOC(=O)CN[C@@H](Cc1ccccc1)C(=O)Cc1cccc(-c2ccncc2)c1.CCOC(=O)CN[C@@H](Cc1ccccc1)C(=O)Cc1cccc(Br)c1. The van der Waals surface area contributed by atoms with Gasteiger partial charge in [-0.25, -0.2) is 0 Å². The standard InChI is InChI=1S/C25H26N2O3.C20H22BrNO3/c1-2-30-25(29)18-27-23(16-19-7-4-3-5-8-19)24(28)17-20-9-6-10-22(15-20)21-11-13-26-14-12-21;1-2-25-20(24)14-22-18(12-15-7-4-3-5-8-15)19(23)13-16-9-6-10-17(21)11-16/h3-15,23,27H,2,16-18H2,1H3;3-11,18,22H,2,12-14H2,1H3/t23-;18-/m00/s1. The van der Waals surface area contributed by atoms with Crippen molar-refractivity contribution in [2.45, 2.75) is 51.6 Å². The van der Waals surface area contributed by atoms with Crippen LogP contribution in [0.4, 0.5) is 0 Å². The average Bonchev–Trinajstić information content (AvgIpc) is 3.19. The van der Waals surface area contributed by atoms with Gasteiger partial charge in [0, 0.05) is 29.7 Å². The normalized spacial score (nSPS) is 11.7. The van der Waals surface area contributed by atoms with E-state index in [-0.39, 0.29) is 43.0 Å². The van der Waals surface area contributed by atoms with Gasteiger partial charge < -0.3 is 9.47 Å². The van der Waals surface area contributed by atoms with Crippen LogP contribution in [0.3, 0.4) is 0 Å². The Labute approximate surface area is 332 Å². The van der Waals surface area contributed by atoms with Crippen LogP contribution in [0.1, 0.15) is 36.1 Å². The Morgan fingerprint density at radius 2 is 1.02 bits per heavy atom. The number of hydrogen-bond donors (Lipinski definition) is 2. The molecule has 0 unspecified atom stereocenters. The van der Waals surface area contributed by atoms with Gasteiger partial charge in [0.15, 0.2) is 11.6 Å². The van der Waals surface area contributed by atoms with E-state index in [1.54, 1.807) is 26.2 Å². The first-order chi connectivity index (χ1) is 26.7. The summed E-state index contributed by atoms with van der Waals surface area (Å²) in [7, 11) is 0. The van der Waals surface area contributed by atoms with Crippen LogP contribution in [0.5, 0.6) is 0 Å². The summed E-state index contributed by atoms with van der Waals surface area (Å²) in [6, 6.07) is 38.2. The highest BCUT2D eigenvalue weighted by molar-refractivity contribution is 9.10. The lowest BCUT2D eigenvalue weighted by atomic mass is 9.96. The fourth-order valence-corrected chi connectivity index (χ4v) is 6.28. The van der Waals surface area contributed by atoms with Gasteiger partial charge in [0.2, 0.25) is 0 Å². The molecule has 9 nitrogen and oxygen atoms in total. The number of ether oxygens (including phenoxy) is 2. The number of halogens is 1. The fourth-order valence-electron chi connectivity index (χ4n) is 5.84. The maximum Gasteiger partial charge on any atom is 0.319 e. The molecule has 0 aliphatic heterocycles. The Hall–Kier alpha value is -5.29. The van der Waals surface area contributed by atoms with Crippen molar-refractivity contribution < 1.29 is 28.7 Å². The lowest BCUT2D eigenvalue weighted by Crippen LogP contribution is -2.42. The third-order valence-corrected chi connectivity index (χ3v) is 9.02. The quantitative estimate of drug-likeness (QED) is 0.0854. The number of benzene rings is 4. The molecule has 5 rings (SSSR count). The molecule has 0 fully saturated rings. The van der Waals surface area contributed by atoms with Gasteiger partial charge in [-0.2, -0.15) is 0 Å². The largest absolute Gasteiger partial charge is 0.465 e. The topological polar surface area (TPSA) is 124 Å². The van der Waals surface area contributed by atoms with Gasteiger partial charge in [-0.15, -0.1) is 0 Å². The molecule has 1 heterocycles. The van der Waals surface area contributed by atoms with Crippen molar-refractivity contribution in [3.8, 4) is 11.1 Å². The summed E-state index contributed by atoms with van der Waals surface area (Å²) in [5.74, 6) is -0.625. The molecule has 0 amide bonds. The number of rotatable bonds is 19. The van der Waals surface area contributed by atoms with Crippen LogP contribution in [-0.4, -0.2) is 66.9 Å². The number of pyridine rings is 1. The number of Topliss-reactive ketones (excluding diaryl/α,β-unsaturated/α-hetero) is 2. The Kier molecular flexibility index (Phi) is 18.1. The maximum atomic E-state index is 13.1. The van der Waals surface area contributed by atoms with E-state index < -0.39 is 12.1 Å². The van der Waals surface area contributed by atoms with E-state index in [1.165, 1.54) is 0 Å². The molecule has 0 saturated heterocycles. The highest BCUT2D eigenvalue weighted by Crippen LogP contribution is 2.20. The zero-order valence-electron chi connectivity index (χ0n) is 31.3. The van der Waals surface area contributed by atoms with Gasteiger partial charge in [0.1, 0.15) is 0 Å². The first-order valence-corrected chi connectivity index (χ1v) is 19.2. The van der Waals surface area contributed by atoms with Crippen LogP contribution in [0.15, 0.2) is 138 Å². The molecule has 1 aromatic heterocycles. The van der Waals surface area contributed by atoms with E-state index in [0.29, 0.717) is 32.5 Å². The van der Waals surface area contributed by atoms with Crippen LogP contribution in [0, 0.1) is 0 Å². The molecular weight excluding hydrogens is 758 g/mol. The van der Waals surface area contributed by atoms with Gasteiger partial charge >= 0.3 is 11.9 Å². The molecule has 0 aliphatic carbocycles. The zero-order chi connectivity index (χ0) is 39.3. The highest BCUT2D eigenvalue weighted by Gasteiger charge is 2.22. The number of aromatic nitrogens is 1. The van der Waals surface area contributed by atoms with Crippen LogP contribution < -0.4 is 10.6 Å². The van der Waals surface area contributed by atoms with Crippen LogP contribution in [0.25, 0.3) is 11.1 Å². The molecule has 4 aromatic carbocycles. The van der Waals surface area contributed by atoms with Crippen molar-refractivity contribution in [3.63, 3.8) is 0 Å². The molecule has 286 valence electrons. The maximum absolute atomic E-state index is 13.1. The smallest absolute Gasteiger partial charge is 0.319 e. The van der Waals surface area contributed by atoms with Crippen molar-refractivity contribution in [2.24, 2.45) is 0 Å². The van der Waals surface area contributed by atoms with Crippen molar-refractivity contribution in [1.82, 2.24) is 15.6 Å². The van der Waals surface area contributed by atoms with E-state index in [2.05, 4.69) is 31.5 Å². The second-order valence-electron chi connectivity index (χ2n) is 12.7. The van der Waals surface area contributed by atoms with Gasteiger partial charge in [-0.1, -0.05) is 113 Å². The minimum atomic E-state index is -0.471. The molecular formula is C45H48BrN3O6. The van der Waals surface area contributed by atoms with Gasteiger partial charge in [-0.05, 0) is 84.3 Å². The lowest BCUT2D eigenvalue weighted by Gasteiger charge is -2.18. The second-order valence-corrected chi connectivity index (χ2v) is 13.6. The van der Waals surface area contributed by atoms with Crippen molar-refractivity contribution >= 4 is 39.4 Å². The van der Waals surface area contributed by atoms with Gasteiger partial charge in [0.05, 0.1) is 38.4 Å². The fraction of sp³-hybridized carbons (Fsp3) is 0.267. The predicted octanol–water partition coefficient (Wildman–Crippen LogP) is 6.95. The number of hydrogen-bond acceptors (Lipinski definition) is 9. The van der Waals surface area contributed by atoms with E-state index >= 15 is 0 Å². The predicted molar refractivity (Wildman–Crippen MR) is 218 cm³/mol. The molecule has 0 aliphatic rings. The van der Waals surface area contributed by atoms with E-state index in [0.717, 1.165) is 37.9 Å². The molecule has 0 radical (unpaired) electrons. The zero-order valence-corrected chi connectivity index (χ0v) is 32.9. The minimum Gasteiger partial charge on any atom is -0.465 e. The first kappa shape index (κ1) is 42.5. The number of nitrogens with zero attached hydrogens (tertiary/aromatic N) is 1. The molecule has 10 heteroatoms. The molecule has 55 heavy (non-hydrogen) atoms. The lowest BCUT2D eigenvalue weighted by molar-refractivity contribution is -0.143. The van der Waals surface area contributed by atoms with Crippen LogP contribution in [0.2, 0.25) is 0 Å². The second kappa shape index (κ2) is 23.5. The van der Waals surface area contributed by atoms with Gasteiger partial charge in [0.25, 0.3) is 0 Å². The van der Waals surface area contributed by atoms with Crippen molar-refractivity contribution in [3.05, 3.63) is 160 Å². The summed E-state index contributed by atoms with van der Waals surface area (Å²) in [6.45, 7) is 4.21. The summed E-state index contributed by atoms with van der Waals surface area (Å²) in [5.41, 5.74) is 6.06. The van der Waals surface area contributed by atoms with Crippen molar-refractivity contribution in [1.29, 1.82) is 0 Å². The molecule has 5 aromatic rings. The molecule has 2 atom stereocenters. The summed E-state index contributed by atoms with van der Waals surface area (Å²) >= 11 is 3.42. The molecule has 2 N–H and O–H groups in total. The summed E-state index contributed by atoms with van der Waals surface area (Å²) < 4.78 is 10.9. The summed E-state index contributed by atoms with van der Waals surface area (Å²) in [5, 5.41) is 6.14. The van der Waals surface area contributed by atoms with Crippen LogP contribution in [-0.2, 0) is 54.3 Å². The summed E-state index contributed by atoms with van der Waals surface area (Å²) in [4.78, 5) is 53.3. The number of esters is 2. The van der Waals surface area contributed by atoms with E-state index in [9.17, 15) is 19.2 Å². The summed E-state index contributed by atoms with van der Waals surface area (Å²) in [6.07, 6.45) is 5.15. The number of carbonyl (C=O) groups excluding carboxylic acids is 4. The number of ketones is 2. The number of nitrogens with one attached hydrogen (secondary N) is 2. The molecule has 0 saturated carbocycles. The third-order valence-electron chi connectivity index (χ3n) is 8.53. The molecule has 0 bridgehead atoms. The van der Waals surface area contributed by atoms with E-state index in [1.807, 2.05) is 121 Å². The molecule has 0 spiro atoms. The van der Waals surface area contributed by atoms with Crippen LogP contribution >= 0.6 is 15.9 Å². The number of carbonyl (C=O) groups is 4. The Bertz CT molecular complexity index is 1940. The average molecular weight is 807 g/mol. The van der Waals surface area contributed by atoms with Crippen molar-refractivity contribution in [2.75, 3.05) is 26.3 Å². The van der Waals surface area contributed by atoms with E-state index in [4.69, 9.17) is 9.47 Å². The first-order valence-electron chi connectivity index (χ1n) is 18.4. The Morgan fingerprint density at radius 1 is 0.564 bits per heavy atom. The Balaban J connectivity index is 0.000000249. The highest BCUT2D eigenvalue weighted by atomic mass is 79.9. The Morgan fingerprint density at radius 3 is 1.49 bits per heavy atom.